The average Bonchev–Trinajstić information content (AvgIpc) is 2.80. The van der Waals surface area contributed by atoms with E-state index >= 15 is 0 Å². The first-order chi connectivity index (χ1) is 8.60. The maximum absolute atomic E-state index is 12.0. The van der Waals surface area contributed by atoms with Gasteiger partial charge in [-0.3, -0.25) is 4.79 Å². The van der Waals surface area contributed by atoms with Crippen molar-refractivity contribution in [3.8, 4) is 0 Å². The molecule has 1 aromatic heterocycles. The number of aromatic nitrogens is 2. The molecular formula is C13H13Cl2N2O+. The van der Waals surface area contributed by atoms with Crippen LogP contribution in [-0.2, 0) is 13.1 Å². The van der Waals surface area contributed by atoms with E-state index in [9.17, 15) is 4.79 Å². The Bertz CT molecular complexity index is 578. The van der Waals surface area contributed by atoms with Crippen LogP contribution in [-0.4, -0.2) is 10.4 Å². The van der Waals surface area contributed by atoms with Crippen LogP contribution in [0.4, 0.5) is 0 Å². The number of hydrogen-bond donors (Lipinski definition) is 0. The molecule has 0 N–H and O–H groups in total. The minimum atomic E-state index is 0.00687. The third kappa shape index (κ3) is 2.92. The molecule has 0 amide bonds. The van der Waals surface area contributed by atoms with Crippen molar-refractivity contribution in [3.63, 3.8) is 0 Å². The molecule has 0 radical (unpaired) electrons. The van der Waals surface area contributed by atoms with Crippen LogP contribution in [0.2, 0.25) is 10.0 Å². The minimum absolute atomic E-state index is 0.00687. The van der Waals surface area contributed by atoms with E-state index in [2.05, 4.69) is 0 Å². The number of ketones is 1. The lowest BCUT2D eigenvalue weighted by molar-refractivity contribution is -0.682. The zero-order chi connectivity index (χ0) is 13.1. The normalized spacial score (nSPS) is 10.6. The molecule has 0 saturated carbocycles. The Balaban J connectivity index is 2.14. The lowest BCUT2D eigenvalue weighted by Gasteiger charge is -2.00. The van der Waals surface area contributed by atoms with Crippen LogP contribution in [0.25, 0.3) is 0 Å². The molecule has 0 atom stereocenters. The highest BCUT2D eigenvalue weighted by Crippen LogP contribution is 2.22. The highest BCUT2D eigenvalue weighted by molar-refractivity contribution is 6.42. The molecule has 2 aromatic rings. The van der Waals surface area contributed by atoms with Gasteiger partial charge in [0.1, 0.15) is 12.4 Å². The molecule has 0 unspecified atom stereocenters. The van der Waals surface area contributed by atoms with Gasteiger partial charge in [0.15, 0.2) is 6.54 Å². The summed E-state index contributed by atoms with van der Waals surface area (Å²) < 4.78 is 3.84. The molecule has 0 fully saturated rings. The Labute approximate surface area is 116 Å². The number of carbonyl (C=O) groups is 1. The van der Waals surface area contributed by atoms with E-state index in [-0.39, 0.29) is 5.78 Å². The third-order valence-electron chi connectivity index (χ3n) is 2.68. The van der Waals surface area contributed by atoms with Gasteiger partial charge >= 0.3 is 0 Å². The lowest BCUT2D eigenvalue weighted by Crippen LogP contribution is -2.35. The van der Waals surface area contributed by atoms with Gasteiger partial charge in [-0.2, -0.15) is 0 Å². The van der Waals surface area contributed by atoms with Gasteiger partial charge in [-0.1, -0.05) is 23.2 Å². The van der Waals surface area contributed by atoms with Gasteiger partial charge < -0.3 is 0 Å². The quantitative estimate of drug-likeness (QED) is 0.626. The molecule has 0 bridgehead atoms. The molecular weight excluding hydrogens is 271 g/mol. The van der Waals surface area contributed by atoms with Crippen LogP contribution >= 0.6 is 23.2 Å². The first-order valence-corrected chi connectivity index (χ1v) is 6.39. The second-order valence-corrected chi connectivity index (χ2v) is 4.78. The average molecular weight is 284 g/mol. The zero-order valence-electron chi connectivity index (χ0n) is 9.94. The molecule has 5 heteroatoms. The molecule has 0 aliphatic rings. The molecule has 0 aliphatic carbocycles. The van der Waals surface area contributed by atoms with Crippen LogP contribution in [0.1, 0.15) is 17.3 Å². The van der Waals surface area contributed by atoms with Crippen molar-refractivity contribution in [1.29, 1.82) is 0 Å². The van der Waals surface area contributed by atoms with E-state index in [0.29, 0.717) is 22.2 Å². The maximum Gasteiger partial charge on any atom is 0.244 e. The summed E-state index contributed by atoms with van der Waals surface area (Å²) in [5.41, 5.74) is 0.571. The predicted octanol–water partition coefficient (Wildman–Crippen LogP) is 2.99. The fourth-order valence-electron chi connectivity index (χ4n) is 1.65. The first-order valence-electron chi connectivity index (χ1n) is 5.63. The molecule has 0 spiro atoms. The van der Waals surface area contributed by atoms with Crippen LogP contribution in [0, 0.1) is 0 Å². The van der Waals surface area contributed by atoms with Crippen molar-refractivity contribution in [3.05, 3.63) is 52.5 Å². The number of Topliss-reactive ketones (excluding diaryl/α,β-unsaturated/α-hetero) is 1. The van der Waals surface area contributed by atoms with Gasteiger partial charge in [-0.05, 0) is 25.1 Å². The molecule has 18 heavy (non-hydrogen) atoms. The van der Waals surface area contributed by atoms with Gasteiger partial charge in [0.25, 0.3) is 0 Å². The number of imidazole rings is 1. The van der Waals surface area contributed by atoms with Gasteiger partial charge in [-0.15, -0.1) is 0 Å². The van der Waals surface area contributed by atoms with Crippen molar-refractivity contribution in [2.75, 3.05) is 0 Å². The molecule has 94 valence electrons. The van der Waals surface area contributed by atoms with E-state index in [4.69, 9.17) is 23.2 Å². The largest absolute Gasteiger partial charge is 0.290 e. The highest BCUT2D eigenvalue weighted by atomic mass is 35.5. The van der Waals surface area contributed by atoms with Crippen LogP contribution in [0.15, 0.2) is 36.9 Å². The third-order valence-corrected chi connectivity index (χ3v) is 3.42. The number of benzene rings is 1. The van der Waals surface area contributed by atoms with E-state index in [1.165, 1.54) is 0 Å². The van der Waals surface area contributed by atoms with Crippen molar-refractivity contribution in [1.82, 2.24) is 4.57 Å². The van der Waals surface area contributed by atoms with Crippen molar-refractivity contribution in [2.24, 2.45) is 0 Å². The second kappa shape index (κ2) is 5.55. The van der Waals surface area contributed by atoms with Crippen molar-refractivity contribution < 1.29 is 9.36 Å². The highest BCUT2D eigenvalue weighted by Gasteiger charge is 2.12. The smallest absolute Gasteiger partial charge is 0.244 e. The summed E-state index contributed by atoms with van der Waals surface area (Å²) in [5, 5.41) is 0.858. The Morgan fingerprint density at radius 2 is 2.11 bits per heavy atom. The van der Waals surface area contributed by atoms with Gasteiger partial charge in [0.2, 0.25) is 12.1 Å². The monoisotopic (exact) mass is 283 g/mol. The number of rotatable bonds is 4. The van der Waals surface area contributed by atoms with E-state index < -0.39 is 0 Å². The molecule has 0 aliphatic heterocycles. The molecule has 1 heterocycles. The Kier molecular flexibility index (Phi) is 4.04. The van der Waals surface area contributed by atoms with E-state index in [0.717, 1.165) is 6.54 Å². The SMILES string of the molecule is CCn1cc[n+](CC(=O)c2ccc(Cl)c(Cl)c2)c1. The van der Waals surface area contributed by atoms with Crippen molar-refractivity contribution >= 4 is 29.0 Å². The Morgan fingerprint density at radius 1 is 1.33 bits per heavy atom. The van der Waals surface area contributed by atoms with Gasteiger partial charge in [0.05, 0.1) is 16.6 Å². The maximum atomic E-state index is 12.0. The summed E-state index contributed by atoms with van der Waals surface area (Å²) >= 11 is 11.7. The summed E-state index contributed by atoms with van der Waals surface area (Å²) in [6, 6.07) is 4.93. The Morgan fingerprint density at radius 3 is 2.72 bits per heavy atom. The van der Waals surface area contributed by atoms with Gasteiger partial charge in [0, 0.05) is 5.56 Å². The summed E-state index contributed by atoms with van der Waals surface area (Å²) in [7, 11) is 0. The van der Waals surface area contributed by atoms with Crippen LogP contribution < -0.4 is 4.57 Å². The minimum Gasteiger partial charge on any atom is -0.290 e. The summed E-state index contributed by atoms with van der Waals surface area (Å²) in [6.45, 7) is 3.23. The zero-order valence-corrected chi connectivity index (χ0v) is 11.4. The topological polar surface area (TPSA) is 25.9 Å². The molecule has 3 nitrogen and oxygen atoms in total. The molecule has 2 rings (SSSR count). The Hall–Kier alpha value is -1.32. The predicted molar refractivity (Wildman–Crippen MR) is 71.1 cm³/mol. The fourth-order valence-corrected chi connectivity index (χ4v) is 1.94. The number of halogens is 2. The van der Waals surface area contributed by atoms with Crippen LogP contribution in [0.5, 0.6) is 0 Å². The molecule has 1 aromatic carbocycles. The fraction of sp³-hybridized carbons (Fsp3) is 0.231. The van der Waals surface area contributed by atoms with E-state index in [1.807, 2.05) is 34.8 Å². The van der Waals surface area contributed by atoms with Crippen molar-refractivity contribution in [2.45, 2.75) is 20.0 Å². The second-order valence-electron chi connectivity index (χ2n) is 3.97. The number of hydrogen-bond acceptors (Lipinski definition) is 1. The standard InChI is InChI=1S/C13H13Cl2N2O/c1-2-16-5-6-17(9-16)8-13(18)10-3-4-11(14)12(15)7-10/h3-7,9H,2,8H2,1H3/q+1. The van der Waals surface area contributed by atoms with Crippen LogP contribution in [0.3, 0.4) is 0 Å². The summed E-state index contributed by atoms with van der Waals surface area (Å²) in [4.78, 5) is 12.0. The number of nitrogens with zero attached hydrogens (tertiary/aromatic N) is 2. The number of aryl methyl sites for hydroxylation is 1. The first kappa shape index (κ1) is 13.1. The lowest BCUT2D eigenvalue weighted by atomic mass is 10.1. The van der Waals surface area contributed by atoms with E-state index in [1.54, 1.807) is 18.2 Å². The number of carbonyl (C=O) groups excluding carboxylic acids is 1. The molecule has 0 saturated heterocycles. The summed E-state index contributed by atoms with van der Waals surface area (Å²) in [6.07, 6.45) is 5.70. The van der Waals surface area contributed by atoms with Gasteiger partial charge in [-0.25, -0.2) is 9.13 Å². The summed E-state index contributed by atoms with van der Waals surface area (Å²) in [5.74, 6) is 0.00687.